The fourth-order valence-corrected chi connectivity index (χ4v) is 3.63. The number of anilines is 1. The van der Waals surface area contributed by atoms with Gasteiger partial charge in [-0.05, 0) is 56.2 Å². The number of hydrogen-bond donors (Lipinski definition) is 0. The van der Waals surface area contributed by atoms with Gasteiger partial charge in [0.25, 0.3) is 5.91 Å². The highest BCUT2D eigenvalue weighted by Crippen LogP contribution is 2.36. The number of amides is 1. The summed E-state index contributed by atoms with van der Waals surface area (Å²) in [6.45, 7) is 7.73. The highest BCUT2D eigenvalue weighted by Gasteiger charge is 2.26. The smallest absolute Gasteiger partial charge is 0.265 e. The molecule has 0 atom stereocenters. The molecule has 168 valence electrons. The van der Waals surface area contributed by atoms with Crippen molar-refractivity contribution >= 4 is 11.6 Å². The predicted octanol–water partition coefficient (Wildman–Crippen LogP) is 4.26. The lowest BCUT2D eigenvalue weighted by Gasteiger charge is -2.29. The van der Waals surface area contributed by atoms with Gasteiger partial charge in [-0.1, -0.05) is 18.1 Å². The Balaban J connectivity index is 1.56. The van der Waals surface area contributed by atoms with Crippen molar-refractivity contribution in [2.24, 2.45) is 0 Å². The minimum Gasteiger partial charge on any atom is -0.490 e. The zero-order chi connectivity index (χ0) is 22.5. The highest BCUT2D eigenvalue weighted by molar-refractivity contribution is 5.98. The molecule has 0 unspecified atom stereocenters. The monoisotopic (exact) mass is 437 g/mol. The molecule has 0 fully saturated rings. The van der Waals surface area contributed by atoms with Gasteiger partial charge in [-0.2, -0.15) is 4.98 Å². The van der Waals surface area contributed by atoms with Crippen LogP contribution in [0.3, 0.4) is 0 Å². The average Bonchev–Trinajstić information content (AvgIpc) is 3.26. The van der Waals surface area contributed by atoms with Crippen LogP contribution < -0.4 is 19.1 Å². The van der Waals surface area contributed by atoms with Crippen molar-refractivity contribution in [2.75, 3.05) is 31.3 Å². The number of benzene rings is 2. The Morgan fingerprint density at radius 2 is 1.84 bits per heavy atom. The first kappa shape index (κ1) is 21.7. The molecule has 2 heterocycles. The summed E-state index contributed by atoms with van der Waals surface area (Å²) in [4.78, 5) is 18.6. The lowest BCUT2D eigenvalue weighted by atomic mass is 10.1. The van der Waals surface area contributed by atoms with E-state index in [0.717, 1.165) is 23.2 Å². The molecule has 0 saturated carbocycles. The maximum absolute atomic E-state index is 12.3. The number of ether oxygens (including phenoxy) is 3. The van der Waals surface area contributed by atoms with Crippen molar-refractivity contribution in [3.63, 3.8) is 0 Å². The first-order valence-corrected chi connectivity index (χ1v) is 10.9. The van der Waals surface area contributed by atoms with Crippen molar-refractivity contribution < 1.29 is 23.5 Å². The Labute approximate surface area is 187 Å². The van der Waals surface area contributed by atoms with E-state index in [1.807, 2.05) is 57.2 Å². The van der Waals surface area contributed by atoms with Crippen LogP contribution in [0.25, 0.3) is 11.4 Å². The van der Waals surface area contributed by atoms with E-state index in [1.54, 1.807) is 4.90 Å². The van der Waals surface area contributed by atoms with Gasteiger partial charge < -0.3 is 23.6 Å². The van der Waals surface area contributed by atoms with Crippen LogP contribution in [0.5, 0.6) is 17.2 Å². The molecule has 0 N–H and O–H groups in total. The fraction of sp³-hybridized carbons (Fsp3) is 0.375. The van der Waals surface area contributed by atoms with E-state index >= 15 is 0 Å². The third-order valence-electron chi connectivity index (χ3n) is 5.04. The number of nitrogens with zero attached hydrogens (tertiary/aromatic N) is 3. The second-order valence-corrected chi connectivity index (χ2v) is 7.35. The minimum absolute atomic E-state index is 0.0501. The molecule has 32 heavy (non-hydrogen) atoms. The third-order valence-corrected chi connectivity index (χ3v) is 5.04. The van der Waals surface area contributed by atoms with E-state index in [2.05, 4.69) is 10.1 Å². The molecule has 8 nitrogen and oxygen atoms in total. The number of hydrogen-bond acceptors (Lipinski definition) is 7. The maximum Gasteiger partial charge on any atom is 0.265 e. The summed E-state index contributed by atoms with van der Waals surface area (Å²) in [6.07, 6.45) is 1.32. The Kier molecular flexibility index (Phi) is 6.58. The molecule has 0 spiro atoms. The number of carbonyl (C=O) groups excluding carboxylic acids is 1. The van der Waals surface area contributed by atoms with E-state index in [9.17, 15) is 4.79 Å². The van der Waals surface area contributed by atoms with Crippen molar-refractivity contribution in [3.8, 4) is 28.6 Å². The van der Waals surface area contributed by atoms with E-state index in [1.165, 1.54) is 0 Å². The van der Waals surface area contributed by atoms with Crippen LogP contribution in [0.4, 0.5) is 5.69 Å². The quantitative estimate of drug-likeness (QED) is 0.494. The molecule has 0 radical (unpaired) electrons. The third kappa shape index (κ3) is 4.54. The SMILES string of the molecule is CCCN1C(=O)COc2ccc(-c3noc(Cc4ccc(OCC)c(OCC)c4)n3)cc21. The molecule has 0 saturated heterocycles. The predicted molar refractivity (Wildman–Crippen MR) is 119 cm³/mol. The van der Waals surface area contributed by atoms with Crippen LogP contribution in [0, 0.1) is 0 Å². The summed E-state index contributed by atoms with van der Waals surface area (Å²) in [5.41, 5.74) is 2.48. The van der Waals surface area contributed by atoms with Gasteiger partial charge in [0.15, 0.2) is 18.1 Å². The lowest BCUT2D eigenvalue weighted by Crippen LogP contribution is -2.39. The Morgan fingerprint density at radius 3 is 2.62 bits per heavy atom. The molecule has 0 bridgehead atoms. The van der Waals surface area contributed by atoms with Crippen LogP contribution >= 0.6 is 0 Å². The molecular formula is C24H27N3O5. The molecule has 1 amide bonds. The molecule has 2 aromatic carbocycles. The Bertz CT molecular complexity index is 1090. The van der Waals surface area contributed by atoms with Gasteiger partial charge in [-0.15, -0.1) is 0 Å². The number of fused-ring (bicyclic) bond motifs is 1. The van der Waals surface area contributed by atoms with Crippen LogP contribution in [0.2, 0.25) is 0 Å². The summed E-state index contributed by atoms with van der Waals surface area (Å²) in [5, 5.41) is 4.14. The molecule has 1 aliphatic heterocycles. The summed E-state index contributed by atoms with van der Waals surface area (Å²) < 4.78 is 22.4. The first-order chi connectivity index (χ1) is 15.6. The van der Waals surface area contributed by atoms with Crippen LogP contribution in [0.1, 0.15) is 38.6 Å². The van der Waals surface area contributed by atoms with Gasteiger partial charge in [0, 0.05) is 12.1 Å². The zero-order valence-corrected chi connectivity index (χ0v) is 18.6. The minimum atomic E-state index is -0.0501. The lowest BCUT2D eigenvalue weighted by molar-refractivity contribution is -0.121. The molecule has 1 aromatic heterocycles. The summed E-state index contributed by atoms with van der Waals surface area (Å²) in [5.74, 6) is 3.00. The molecular weight excluding hydrogens is 410 g/mol. The van der Waals surface area contributed by atoms with Gasteiger partial charge in [0.2, 0.25) is 11.7 Å². The van der Waals surface area contributed by atoms with Gasteiger partial charge in [-0.25, -0.2) is 0 Å². The van der Waals surface area contributed by atoms with Gasteiger partial charge >= 0.3 is 0 Å². The van der Waals surface area contributed by atoms with Crippen LogP contribution in [-0.4, -0.2) is 42.4 Å². The number of aromatic nitrogens is 2. The first-order valence-electron chi connectivity index (χ1n) is 10.9. The fourth-order valence-electron chi connectivity index (χ4n) is 3.63. The molecule has 0 aliphatic carbocycles. The standard InChI is InChI=1S/C24H27N3O5/c1-4-11-27-18-14-17(8-10-19(18)31-15-23(27)28)24-25-22(32-26-24)13-16-7-9-20(29-5-2)21(12-16)30-6-3/h7-10,12,14H,4-6,11,13,15H2,1-3H3. The summed E-state index contributed by atoms with van der Waals surface area (Å²) >= 11 is 0. The van der Waals surface area contributed by atoms with E-state index in [4.69, 9.17) is 18.7 Å². The van der Waals surface area contributed by atoms with Gasteiger partial charge in [-0.3, -0.25) is 4.79 Å². The zero-order valence-electron chi connectivity index (χ0n) is 18.6. The second kappa shape index (κ2) is 9.72. The van der Waals surface area contributed by atoms with Crippen LogP contribution in [0.15, 0.2) is 40.9 Å². The van der Waals surface area contributed by atoms with E-state index in [-0.39, 0.29) is 12.5 Å². The topological polar surface area (TPSA) is 86.9 Å². The van der Waals surface area contributed by atoms with E-state index < -0.39 is 0 Å². The van der Waals surface area contributed by atoms with Crippen molar-refractivity contribution in [1.82, 2.24) is 10.1 Å². The normalized spacial score (nSPS) is 13.0. The number of carbonyl (C=O) groups is 1. The Hall–Kier alpha value is -3.55. The molecule has 8 heteroatoms. The molecule has 4 rings (SSSR count). The Morgan fingerprint density at radius 1 is 1.03 bits per heavy atom. The van der Waals surface area contributed by atoms with E-state index in [0.29, 0.717) is 55.1 Å². The summed E-state index contributed by atoms with van der Waals surface area (Å²) in [7, 11) is 0. The van der Waals surface area contributed by atoms with Gasteiger partial charge in [0.05, 0.1) is 25.3 Å². The van der Waals surface area contributed by atoms with Crippen molar-refractivity contribution in [3.05, 3.63) is 47.9 Å². The average molecular weight is 437 g/mol. The summed E-state index contributed by atoms with van der Waals surface area (Å²) in [6, 6.07) is 11.4. The largest absolute Gasteiger partial charge is 0.490 e. The molecule has 3 aromatic rings. The highest BCUT2D eigenvalue weighted by atomic mass is 16.5. The molecule has 1 aliphatic rings. The van der Waals surface area contributed by atoms with Crippen LogP contribution in [-0.2, 0) is 11.2 Å². The maximum atomic E-state index is 12.3. The van der Waals surface area contributed by atoms with Crippen molar-refractivity contribution in [1.29, 1.82) is 0 Å². The number of rotatable bonds is 9. The van der Waals surface area contributed by atoms with Crippen molar-refractivity contribution in [2.45, 2.75) is 33.6 Å². The second-order valence-electron chi connectivity index (χ2n) is 7.35. The van der Waals surface area contributed by atoms with Gasteiger partial charge in [0.1, 0.15) is 5.75 Å².